The summed E-state index contributed by atoms with van der Waals surface area (Å²) in [5.74, 6) is 0.373. The third kappa shape index (κ3) is 4.52. The number of hydrogen-bond donors (Lipinski definition) is 0. The highest BCUT2D eigenvalue weighted by Gasteiger charge is 2.10. The zero-order valence-electron chi connectivity index (χ0n) is 5.36. The van der Waals surface area contributed by atoms with Crippen LogP contribution < -0.4 is 0 Å². The molecule has 0 aromatic carbocycles. The van der Waals surface area contributed by atoms with Crippen molar-refractivity contribution >= 4 is 51.0 Å². The average Bonchev–Trinajstić information content (AvgIpc) is 1.87. The Hall–Kier alpha value is 1.13. The summed E-state index contributed by atoms with van der Waals surface area (Å²) in [5.41, 5.74) is 0. The lowest BCUT2D eigenvalue weighted by Crippen LogP contribution is -2.13. The third-order valence-electron chi connectivity index (χ3n) is 1.02. The maximum Gasteiger partial charge on any atom is 0.155 e. The number of carbonyl (C=O) groups is 1. The van der Waals surface area contributed by atoms with E-state index in [0.717, 1.165) is 12.8 Å². The normalized spacial score (nSPS) is 13.2. The highest BCUT2D eigenvalue weighted by Crippen LogP contribution is 2.10. The standard InChI is InChI=1S/C6H10I2O/c1-2-3-5(8)6(9)4-7/h5H,2-4H2,1H3. The molecule has 0 heterocycles. The van der Waals surface area contributed by atoms with Gasteiger partial charge in [-0.05, 0) is 6.42 Å². The summed E-state index contributed by atoms with van der Waals surface area (Å²) in [4.78, 5) is 10.9. The largest absolute Gasteiger partial charge is 0.298 e. The van der Waals surface area contributed by atoms with Crippen molar-refractivity contribution in [2.75, 3.05) is 4.43 Å². The van der Waals surface area contributed by atoms with Crippen molar-refractivity contribution in [3.8, 4) is 0 Å². The smallest absolute Gasteiger partial charge is 0.155 e. The Kier molecular flexibility index (Phi) is 6.62. The second-order valence-electron chi connectivity index (χ2n) is 1.86. The van der Waals surface area contributed by atoms with Gasteiger partial charge in [0.05, 0.1) is 8.35 Å². The zero-order valence-corrected chi connectivity index (χ0v) is 9.68. The molecule has 0 aromatic heterocycles. The van der Waals surface area contributed by atoms with Gasteiger partial charge >= 0.3 is 0 Å². The van der Waals surface area contributed by atoms with Gasteiger partial charge in [-0.2, -0.15) is 0 Å². The molecule has 0 N–H and O–H groups in total. The molecule has 0 rings (SSSR count). The summed E-state index contributed by atoms with van der Waals surface area (Å²) >= 11 is 4.33. The van der Waals surface area contributed by atoms with Crippen LogP contribution in [0, 0.1) is 0 Å². The maximum absolute atomic E-state index is 10.9. The lowest BCUT2D eigenvalue weighted by molar-refractivity contribution is -0.115. The van der Waals surface area contributed by atoms with Crippen molar-refractivity contribution in [2.24, 2.45) is 0 Å². The third-order valence-corrected chi connectivity index (χ3v) is 3.09. The van der Waals surface area contributed by atoms with Crippen molar-refractivity contribution in [1.82, 2.24) is 0 Å². The second-order valence-corrected chi connectivity index (χ2v) is 4.12. The molecule has 0 aliphatic heterocycles. The lowest BCUT2D eigenvalue weighted by atomic mass is 10.2. The molecule has 1 atom stereocenters. The lowest BCUT2D eigenvalue weighted by Gasteiger charge is -2.02. The van der Waals surface area contributed by atoms with Crippen LogP contribution in [0.15, 0.2) is 0 Å². The number of hydrogen-bond acceptors (Lipinski definition) is 1. The Morgan fingerprint density at radius 1 is 1.67 bits per heavy atom. The fourth-order valence-electron chi connectivity index (χ4n) is 0.498. The molecule has 1 unspecified atom stereocenters. The summed E-state index contributed by atoms with van der Waals surface area (Å²) in [5, 5.41) is 0. The number of carbonyl (C=O) groups excluding carboxylic acids is 1. The van der Waals surface area contributed by atoms with Gasteiger partial charge in [0.25, 0.3) is 0 Å². The molecule has 0 spiro atoms. The van der Waals surface area contributed by atoms with Gasteiger partial charge in [0.1, 0.15) is 0 Å². The van der Waals surface area contributed by atoms with E-state index in [1.165, 1.54) is 0 Å². The average molecular weight is 352 g/mol. The van der Waals surface area contributed by atoms with E-state index in [2.05, 4.69) is 52.1 Å². The number of alkyl halides is 2. The van der Waals surface area contributed by atoms with Crippen LogP contribution in [0.25, 0.3) is 0 Å². The van der Waals surface area contributed by atoms with Gasteiger partial charge in [-0.1, -0.05) is 58.5 Å². The van der Waals surface area contributed by atoms with Crippen molar-refractivity contribution in [2.45, 2.75) is 23.7 Å². The highest BCUT2D eigenvalue weighted by molar-refractivity contribution is 14.1. The minimum atomic E-state index is 0.254. The van der Waals surface area contributed by atoms with Crippen molar-refractivity contribution < 1.29 is 4.79 Å². The minimum absolute atomic E-state index is 0.254. The summed E-state index contributed by atoms with van der Waals surface area (Å²) in [6, 6.07) is 0. The first-order chi connectivity index (χ1) is 4.22. The Balaban J connectivity index is 3.45. The molecule has 9 heavy (non-hydrogen) atoms. The summed E-state index contributed by atoms with van der Waals surface area (Å²) in [7, 11) is 0. The quantitative estimate of drug-likeness (QED) is 0.562. The van der Waals surface area contributed by atoms with Crippen LogP contribution in [0.1, 0.15) is 19.8 Å². The van der Waals surface area contributed by atoms with Gasteiger partial charge in [0, 0.05) is 0 Å². The fraction of sp³-hybridized carbons (Fsp3) is 0.833. The molecule has 0 saturated carbocycles. The summed E-state index contributed by atoms with van der Waals surface area (Å²) in [6.45, 7) is 2.10. The first-order valence-electron chi connectivity index (χ1n) is 2.95. The van der Waals surface area contributed by atoms with Crippen LogP contribution in [0.4, 0.5) is 0 Å². The van der Waals surface area contributed by atoms with Crippen LogP contribution >= 0.6 is 45.2 Å². The maximum atomic E-state index is 10.9. The molecular formula is C6H10I2O. The van der Waals surface area contributed by atoms with Crippen molar-refractivity contribution in [3.63, 3.8) is 0 Å². The van der Waals surface area contributed by atoms with Crippen molar-refractivity contribution in [3.05, 3.63) is 0 Å². The van der Waals surface area contributed by atoms with Crippen molar-refractivity contribution in [1.29, 1.82) is 0 Å². The first kappa shape index (κ1) is 10.1. The van der Waals surface area contributed by atoms with Gasteiger partial charge in [-0.15, -0.1) is 0 Å². The molecule has 54 valence electrons. The molecule has 1 nitrogen and oxygen atoms in total. The molecule has 0 aliphatic rings. The Morgan fingerprint density at radius 3 is 2.56 bits per heavy atom. The SMILES string of the molecule is CCCC(I)C(=O)CI. The van der Waals surface area contributed by atoms with E-state index in [0.29, 0.717) is 10.2 Å². The van der Waals surface area contributed by atoms with E-state index < -0.39 is 0 Å². The van der Waals surface area contributed by atoms with Gasteiger partial charge in [0.2, 0.25) is 0 Å². The van der Waals surface area contributed by atoms with E-state index in [4.69, 9.17) is 0 Å². The van der Waals surface area contributed by atoms with Crippen LogP contribution in [0.5, 0.6) is 0 Å². The molecular weight excluding hydrogens is 342 g/mol. The fourth-order valence-corrected chi connectivity index (χ4v) is 2.72. The Labute approximate surface area is 83.2 Å². The number of halogens is 2. The van der Waals surface area contributed by atoms with Crippen LogP contribution in [0.2, 0.25) is 0 Å². The van der Waals surface area contributed by atoms with E-state index >= 15 is 0 Å². The van der Waals surface area contributed by atoms with Gasteiger partial charge in [-0.3, -0.25) is 4.79 Å². The Morgan fingerprint density at radius 2 is 2.22 bits per heavy atom. The second kappa shape index (κ2) is 5.88. The molecule has 0 fully saturated rings. The number of Topliss-reactive ketones (excluding diaryl/α,β-unsaturated/α-hetero) is 1. The predicted octanol–water partition coefficient (Wildman–Crippen LogP) is 2.59. The summed E-state index contributed by atoms with van der Waals surface area (Å²) < 4.78 is 0.912. The van der Waals surface area contributed by atoms with E-state index in [-0.39, 0.29) is 3.92 Å². The predicted molar refractivity (Wildman–Crippen MR) is 56.6 cm³/mol. The monoisotopic (exact) mass is 352 g/mol. The van der Waals surface area contributed by atoms with Gasteiger partial charge < -0.3 is 0 Å². The number of ketones is 1. The zero-order chi connectivity index (χ0) is 7.28. The molecule has 0 amide bonds. The van der Waals surface area contributed by atoms with Crippen LogP contribution in [-0.4, -0.2) is 14.1 Å². The highest BCUT2D eigenvalue weighted by atomic mass is 127. The van der Waals surface area contributed by atoms with E-state index in [1.54, 1.807) is 0 Å². The molecule has 3 heteroatoms. The number of rotatable bonds is 4. The van der Waals surface area contributed by atoms with Crippen LogP contribution in [-0.2, 0) is 4.79 Å². The van der Waals surface area contributed by atoms with Gasteiger partial charge in [0.15, 0.2) is 5.78 Å². The minimum Gasteiger partial charge on any atom is -0.298 e. The topological polar surface area (TPSA) is 17.1 Å². The molecule has 0 radical (unpaired) electrons. The summed E-state index contributed by atoms with van der Waals surface area (Å²) in [6.07, 6.45) is 2.14. The van der Waals surface area contributed by atoms with E-state index in [1.807, 2.05) is 0 Å². The molecule has 0 saturated heterocycles. The Bertz CT molecular complexity index is 93.1. The van der Waals surface area contributed by atoms with Gasteiger partial charge in [-0.25, -0.2) is 0 Å². The molecule has 0 bridgehead atoms. The van der Waals surface area contributed by atoms with Crippen LogP contribution in [0.3, 0.4) is 0 Å². The van der Waals surface area contributed by atoms with E-state index in [9.17, 15) is 4.79 Å². The molecule has 0 aliphatic carbocycles. The molecule has 0 aromatic rings. The first-order valence-corrected chi connectivity index (χ1v) is 5.72.